The van der Waals surface area contributed by atoms with Crippen molar-refractivity contribution in [1.82, 2.24) is 0 Å². The molecule has 0 aliphatic carbocycles. The van der Waals surface area contributed by atoms with Crippen molar-refractivity contribution in [2.24, 2.45) is 11.8 Å². The van der Waals surface area contributed by atoms with Crippen LogP contribution in [0.15, 0.2) is 0 Å². The van der Waals surface area contributed by atoms with Crippen LogP contribution in [0.1, 0.15) is 55.4 Å². The van der Waals surface area contributed by atoms with Crippen molar-refractivity contribution in [3.8, 4) is 0 Å². The normalized spacial score (nSPS) is 16.9. The molecule has 24 heavy (non-hydrogen) atoms. The van der Waals surface area contributed by atoms with Crippen LogP contribution in [0.4, 0.5) is 0 Å². The Balaban J connectivity index is 4.97. The van der Waals surface area contributed by atoms with Crippen molar-refractivity contribution in [3.05, 3.63) is 0 Å². The zero-order valence-corrected chi connectivity index (χ0v) is 18.5. The average molecular weight is 363 g/mol. The number of ether oxygens (including phenoxy) is 2. The summed E-state index contributed by atoms with van der Waals surface area (Å²) in [6.45, 7) is 20.0. The average Bonchev–Trinajstić information content (AvgIpc) is 2.50. The van der Waals surface area contributed by atoms with Crippen molar-refractivity contribution in [2.75, 3.05) is 33.5 Å². The molecular formula is C19H42O4Si. The van der Waals surface area contributed by atoms with Gasteiger partial charge in [-0.05, 0) is 29.5 Å². The predicted octanol–water partition coefficient (Wildman–Crippen LogP) is 4.47. The van der Waals surface area contributed by atoms with Gasteiger partial charge in [0.1, 0.15) is 0 Å². The minimum Gasteiger partial charge on any atom is -0.413 e. The van der Waals surface area contributed by atoms with Crippen LogP contribution < -0.4 is 0 Å². The molecule has 0 radical (unpaired) electrons. The fourth-order valence-corrected chi connectivity index (χ4v) is 9.64. The third-order valence-electron chi connectivity index (χ3n) is 5.58. The van der Waals surface area contributed by atoms with Gasteiger partial charge < -0.3 is 19.0 Å². The van der Waals surface area contributed by atoms with Gasteiger partial charge in [-0.25, -0.2) is 0 Å². The maximum absolute atomic E-state index is 9.77. The quantitative estimate of drug-likeness (QED) is 0.388. The van der Waals surface area contributed by atoms with Gasteiger partial charge in [-0.3, -0.25) is 0 Å². The van der Waals surface area contributed by atoms with Crippen LogP contribution in [0.2, 0.25) is 16.6 Å². The molecular weight excluding hydrogens is 320 g/mol. The van der Waals surface area contributed by atoms with E-state index in [-0.39, 0.29) is 24.5 Å². The highest BCUT2D eigenvalue weighted by Crippen LogP contribution is 2.44. The molecule has 0 unspecified atom stereocenters. The molecule has 0 spiro atoms. The SMILES string of the molecule is COCCOC[C@@H](CO)[C@H](C)[C@H](C)O[Si](C(C)C)(C(C)C)C(C)C. The zero-order valence-electron chi connectivity index (χ0n) is 17.5. The van der Waals surface area contributed by atoms with Crippen molar-refractivity contribution >= 4 is 8.32 Å². The molecule has 0 aromatic heterocycles. The number of aliphatic hydroxyl groups excluding tert-OH is 1. The van der Waals surface area contributed by atoms with Gasteiger partial charge in [0.15, 0.2) is 0 Å². The second-order valence-corrected chi connectivity index (χ2v) is 13.4. The van der Waals surface area contributed by atoms with Crippen molar-refractivity contribution in [2.45, 2.75) is 78.1 Å². The van der Waals surface area contributed by atoms with E-state index in [1.54, 1.807) is 7.11 Å². The van der Waals surface area contributed by atoms with Gasteiger partial charge in [-0.1, -0.05) is 48.5 Å². The van der Waals surface area contributed by atoms with Crippen LogP contribution >= 0.6 is 0 Å². The first kappa shape index (κ1) is 24.1. The van der Waals surface area contributed by atoms with E-state index in [1.165, 1.54) is 0 Å². The summed E-state index contributed by atoms with van der Waals surface area (Å²) in [5.74, 6) is 0.343. The van der Waals surface area contributed by atoms with Crippen LogP contribution in [0.3, 0.4) is 0 Å². The Morgan fingerprint density at radius 2 is 1.33 bits per heavy atom. The Labute approximate surface area is 151 Å². The maximum Gasteiger partial charge on any atom is 0.200 e. The number of hydrogen-bond acceptors (Lipinski definition) is 4. The lowest BCUT2D eigenvalue weighted by Gasteiger charge is -2.45. The Kier molecular flexibility index (Phi) is 11.7. The van der Waals surface area contributed by atoms with E-state index >= 15 is 0 Å². The zero-order chi connectivity index (χ0) is 18.9. The van der Waals surface area contributed by atoms with E-state index in [4.69, 9.17) is 13.9 Å². The molecule has 146 valence electrons. The molecule has 0 aliphatic heterocycles. The van der Waals surface area contributed by atoms with E-state index in [9.17, 15) is 5.11 Å². The molecule has 5 heteroatoms. The first-order valence-electron chi connectivity index (χ1n) is 9.50. The molecule has 0 saturated carbocycles. The van der Waals surface area contributed by atoms with E-state index in [1.807, 2.05) is 0 Å². The summed E-state index contributed by atoms with van der Waals surface area (Å²) in [6, 6.07) is 0. The molecule has 0 saturated heterocycles. The van der Waals surface area contributed by atoms with Gasteiger partial charge in [0.25, 0.3) is 0 Å². The number of methoxy groups -OCH3 is 1. The van der Waals surface area contributed by atoms with Crippen molar-refractivity contribution in [3.63, 3.8) is 0 Å². The lowest BCUT2D eigenvalue weighted by atomic mass is 9.91. The molecule has 0 rings (SSSR count). The molecule has 0 fully saturated rings. The molecule has 4 nitrogen and oxygen atoms in total. The smallest absolute Gasteiger partial charge is 0.200 e. The number of rotatable bonds is 13. The van der Waals surface area contributed by atoms with Crippen LogP contribution in [0.5, 0.6) is 0 Å². The van der Waals surface area contributed by atoms with Crippen molar-refractivity contribution in [1.29, 1.82) is 0 Å². The van der Waals surface area contributed by atoms with Gasteiger partial charge in [0.2, 0.25) is 8.32 Å². The molecule has 0 bridgehead atoms. The van der Waals surface area contributed by atoms with Crippen LogP contribution in [0.25, 0.3) is 0 Å². The number of hydrogen-bond donors (Lipinski definition) is 1. The minimum absolute atomic E-state index is 0.0926. The Morgan fingerprint density at radius 1 is 0.833 bits per heavy atom. The fraction of sp³-hybridized carbons (Fsp3) is 1.00. The first-order valence-corrected chi connectivity index (χ1v) is 11.6. The molecule has 3 atom stereocenters. The maximum atomic E-state index is 9.77. The molecule has 0 amide bonds. The highest BCUT2D eigenvalue weighted by atomic mass is 28.4. The third kappa shape index (κ3) is 6.41. The Bertz CT molecular complexity index is 299. The van der Waals surface area contributed by atoms with Gasteiger partial charge in [0, 0.05) is 25.7 Å². The monoisotopic (exact) mass is 362 g/mol. The van der Waals surface area contributed by atoms with Crippen LogP contribution in [-0.2, 0) is 13.9 Å². The highest BCUT2D eigenvalue weighted by molar-refractivity contribution is 6.77. The third-order valence-corrected chi connectivity index (χ3v) is 11.8. The standard InChI is InChI=1S/C19H42O4Si/c1-14(2)24(15(3)4,16(5)6)23-18(8)17(7)19(12-20)13-22-11-10-21-9/h14-20H,10-13H2,1-9H3/t17-,18+,19-/m1/s1. The topological polar surface area (TPSA) is 47.9 Å². The lowest BCUT2D eigenvalue weighted by molar-refractivity contribution is -0.00133. The molecule has 0 aliphatic rings. The van der Waals surface area contributed by atoms with Crippen molar-refractivity contribution < 1.29 is 19.0 Å². The van der Waals surface area contributed by atoms with E-state index in [0.29, 0.717) is 36.4 Å². The van der Waals surface area contributed by atoms with E-state index < -0.39 is 8.32 Å². The summed E-state index contributed by atoms with van der Waals surface area (Å²) < 4.78 is 17.5. The second kappa shape index (κ2) is 11.6. The van der Waals surface area contributed by atoms with Crippen LogP contribution in [0, 0.1) is 11.8 Å². The Morgan fingerprint density at radius 3 is 1.71 bits per heavy atom. The van der Waals surface area contributed by atoms with Gasteiger partial charge in [0.05, 0.1) is 19.8 Å². The summed E-state index contributed by atoms with van der Waals surface area (Å²) in [4.78, 5) is 0. The van der Waals surface area contributed by atoms with E-state index in [2.05, 4.69) is 55.4 Å². The summed E-state index contributed by atoms with van der Waals surface area (Å²) in [7, 11) is -0.232. The minimum atomic E-state index is -1.90. The highest BCUT2D eigenvalue weighted by Gasteiger charge is 2.46. The molecule has 0 aromatic rings. The second-order valence-electron chi connectivity index (χ2n) is 8.01. The predicted molar refractivity (Wildman–Crippen MR) is 104 cm³/mol. The fourth-order valence-electron chi connectivity index (χ4n) is 3.97. The molecule has 0 heterocycles. The summed E-state index contributed by atoms with van der Waals surface area (Å²) in [6.07, 6.45) is 0.118. The van der Waals surface area contributed by atoms with Gasteiger partial charge in [-0.2, -0.15) is 0 Å². The number of aliphatic hydroxyl groups is 1. The van der Waals surface area contributed by atoms with Crippen LogP contribution in [-0.4, -0.2) is 53.1 Å². The molecule has 1 N–H and O–H groups in total. The van der Waals surface area contributed by atoms with Gasteiger partial charge in [-0.15, -0.1) is 0 Å². The van der Waals surface area contributed by atoms with Gasteiger partial charge >= 0.3 is 0 Å². The largest absolute Gasteiger partial charge is 0.413 e. The lowest BCUT2D eigenvalue weighted by Crippen LogP contribution is -2.51. The first-order chi connectivity index (χ1) is 11.1. The molecule has 0 aromatic carbocycles. The van der Waals surface area contributed by atoms with E-state index in [0.717, 1.165) is 0 Å². The summed E-state index contributed by atoms with van der Waals surface area (Å²) in [5.41, 5.74) is 1.70. The summed E-state index contributed by atoms with van der Waals surface area (Å²) in [5, 5.41) is 9.77. The Hall–Kier alpha value is 0.0569. The summed E-state index contributed by atoms with van der Waals surface area (Å²) >= 11 is 0.